The molecule has 1 aromatic carbocycles. The second-order valence-corrected chi connectivity index (χ2v) is 5.79. The summed E-state index contributed by atoms with van der Waals surface area (Å²) in [5.41, 5.74) is 1.83. The molecule has 0 bridgehead atoms. The third kappa shape index (κ3) is 2.38. The van der Waals surface area contributed by atoms with E-state index in [1.54, 1.807) is 0 Å². The largest absolute Gasteiger partial charge is 0.462 e. The van der Waals surface area contributed by atoms with Crippen molar-refractivity contribution in [2.45, 2.75) is 45.2 Å². The van der Waals surface area contributed by atoms with E-state index in [1.165, 1.54) is 5.56 Å². The first-order valence-electron chi connectivity index (χ1n) is 6.42. The van der Waals surface area contributed by atoms with E-state index in [2.05, 4.69) is 46.4 Å². The van der Waals surface area contributed by atoms with E-state index in [-0.39, 0.29) is 18.3 Å². The van der Waals surface area contributed by atoms with Gasteiger partial charge in [0.2, 0.25) is 0 Å². The van der Waals surface area contributed by atoms with E-state index in [0.717, 1.165) is 11.9 Å². The molecule has 1 saturated heterocycles. The van der Waals surface area contributed by atoms with Crippen LogP contribution in [0.25, 0.3) is 6.08 Å². The van der Waals surface area contributed by atoms with E-state index in [4.69, 9.17) is 9.31 Å². The average Bonchev–Trinajstić information content (AvgIpc) is 2.47. The lowest BCUT2D eigenvalue weighted by Gasteiger charge is -2.32. The summed E-state index contributed by atoms with van der Waals surface area (Å²) >= 11 is 0. The van der Waals surface area contributed by atoms with Crippen molar-refractivity contribution in [3.8, 4) is 0 Å². The van der Waals surface area contributed by atoms with Crippen molar-refractivity contribution in [1.82, 2.24) is 0 Å². The summed E-state index contributed by atoms with van der Waals surface area (Å²) in [7, 11) is -0.184. The van der Waals surface area contributed by atoms with Crippen molar-refractivity contribution < 1.29 is 9.31 Å². The van der Waals surface area contributed by atoms with Crippen LogP contribution in [0.5, 0.6) is 0 Å². The molecule has 0 amide bonds. The topological polar surface area (TPSA) is 18.5 Å². The highest BCUT2D eigenvalue weighted by molar-refractivity contribution is 6.45. The SMILES string of the molecule is C=Cc1ccccc1CB1OC(C)(C)C(C)(C)O1. The van der Waals surface area contributed by atoms with Crippen LogP contribution in [0.4, 0.5) is 0 Å². The Morgan fingerprint density at radius 1 is 1.11 bits per heavy atom. The lowest BCUT2D eigenvalue weighted by Crippen LogP contribution is -2.41. The predicted octanol–water partition coefficient (Wildman–Crippen LogP) is 3.50. The van der Waals surface area contributed by atoms with Crippen LogP contribution >= 0.6 is 0 Å². The summed E-state index contributed by atoms with van der Waals surface area (Å²) in [6.45, 7) is 12.1. The summed E-state index contributed by atoms with van der Waals surface area (Å²) < 4.78 is 12.0. The van der Waals surface area contributed by atoms with Crippen molar-refractivity contribution in [2.24, 2.45) is 0 Å². The normalized spacial score (nSPS) is 21.0. The van der Waals surface area contributed by atoms with Gasteiger partial charge in [-0.1, -0.05) is 36.9 Å². The summed E-state index contributed by atoms with van der Waals surface area (Å²) in [6, 6.07) is 8.22. The minimum absolute atomic E-state index is 0.184. The molecule has 2 rings (SSSR count). The van der Waals surface area contributed by atoms with Gasteiger partial charge in [-0.25, -0.2) is 0 Å². The van der Waals surface area contributed by atoms with Gasteiger partial charge in [0.25, 0.3) is 0 Å². The highest BCUT2D eigenvalue weighted by Crippen LogP contribution is 2.37. The number of benzene rings is 1. The molecule has 1 heterocycles. The molecule has 0 radical (unpaired) electrons. The monoisotopic (exact) mass is 244 g/mol. The molecular weight excluding hydrogens is 223 g/mol. The smallest absolute Gasteiger partial charge is 0.403 e. The van der Waals surface area contributed by atoms with Crippen LogP contribution in [-0.4, -0.2) is 18.3 Å². The molecule has 0 spiro atoms. The summed E-state index contributed by atoms with van der Waals surface area (Å²) in [5.74, 6) is 0. The maximum atomic E-state index is 6.01. The van der Waals surface area contributed by atoms with E-state index < -0.39 is 0 Å². The van der Waals surface area contributed by atoms with Crippen molar-refractivity contribution in [3.05, 3.63) is 42.0 Å². The van der Waals surface area contributed by atoms with Crippen LogP contribution in [0.2, 0.25) is 0 Å². The lowest BCUT2D eigenvalue weighted by molar-refractivity contribution is 0.00578. The Morgan fingerprint density at radius 3 is 2.22 bits per heavy atom. The number of hydrogen-bond acceptors (Lipinski definition) is 2. The molecule has 1 aliphatic heterocycles. The molecule has 2 nitrogen and oxygen atoms in total. The summed E-state index contributed by atoms with van der Waals surface area (Å²) in [6.07, 6.45) is 2.63. The van der Waals surface area contributed by atoms with Gasteiger partial charge < -0.3 is 9.31 Å². The quantitative estimate of drug-likeness (QED) is 0.757. The van der Waals surface area contributed by atoms with Crippen LogP contribution < -0.4 is 0 Å². The van der Waals surface area contributed by atoms with E-state index in [0.29, 0.717) is 0 Å². The highest BCUT2D eigenvalue weighted by Gasteiger charge is 2.50. The van der Waals surface area contributed by atoms with Crippen LogP contribution in [0.1, 0.15) is 38.8 Å². The van der Waals surface area contributed by atoms with Gasteiger partial charge in [0.15, 0.2) is 0 Å². The first kappa shape index (κ1) is 13.4. The van der Waals surface area contributed by atoms with Gasteiger partial charge in [0, 0.05) is 6.32 Å². The average molecular weight is 244 g/mol. The van der Waals surface area contributed by atoms with Crippen molar-refractivity contribution in [2.75, 3.05) is 0 Å². The molecule has 0 atom stereocenters. The van der Waals surface area contributed by atoms with Crippen LogP contribution in [0.15, 0.2) is 30.8 Å². The van der Waals surface area contributed by atoms with Gasteiger partial charge in [0.05, 0.1) is 11.2 Å². The molecule has 96 valence electrons. The molecule has 1 aliphatic rings. The molecule has 3 heteroatoms. The second kappa shape index (κ2) is 4.56. The zero-order valence-electron chi connectivity index (χ0n) is 11.7. The molecule has 1 aromatic rings. The highest BCUT2D eigenvalue weighted by atomic mass is 16.7. The Hall–Kier alpha value is -1.06. The minimum Gasteiger partial charge on any atom is -0.403 e. The van der Waals surface area contributed by atoms with E-state index >= 15 is 0 Å². The second-order valence-electron chi connectivity index (χ2n) is 5.79. The molecular formula is C15H21BO2. The Kier molecular flexibility index (Phi) is 3.39. The zero-order valence-corrected chi connectivity index (χ0v) is 11.7. The third-order valence-corrected chi connectivity index (χ3v) is 3.96. The predicted molar refractivity (Wildman–Crippen MR) is 76.3 cm³/mol. The molecule has 0 unspecified atom stereocenters. The molecule has 0 aliphatic carbocycles. The fourth-order valence-electron chi connectivity index (χ4n) is 2.15. The molecule has 0 saturated carbocycles. The fraction of sp³-hybridized carbons (Fsp3) is 0.467. The third-order valence-electron chi connectivity index (χ3n) is 3.96. The number of hydrogen-bond donors (Lipinski definition) is 0. The van der Waals surface area contributed by atoms with E-state index in [9.17, 15) is 0 Å². The van der Waals surface area contributed by atoms with Crippen molar-refractivity contribution >= 4 is 13.2 Å². The summed E-state index contributed by atoms with van der Waals surface area (Å²) in [5, 5.41) is 0. The maximum absolute atomic E-state index is 6.01. The van der Waals surface area contributed by atoms with Crippen LogP contribution in [0.3, 0.4) is 0 Å². The van der Waals surface area contributed by atoms with E-state index in [1.807, 2.05) is 18.2 Å². The fourth-order valence-corrected chi connectivity index (χ4v) is 2.15. The van der Waals surface area contributed by atoms with Gasteiger partial charge >= 0.3 is 7.12 Å². The van der Waals surface area contributed by atoms with Gasteiger partial charge in [-0.05, 0) is 38.8 Å². The minimum atomic E-state index is -0.263. The Bertz CT molecular complexity index is 436. The Morgan fingerprint density at radius 2 is 1.67 bits per heavy atom. The van der Waals surface area contributed by atoms with Gasteiger partial charge in [0.1, 0.15) is 0 Å². The lowest BCUT2D eigenvalue weighted by atomic mass is 9.79. The van der Waals surface area contributed by atoms with Gasteiger partial charge in [-0.2, -0.15) is 0 Å². The van der Waals surface area contributed by atoms with Gasteiger partial charge in [-0.15, -0.1) is 0 Å². The van der Waals surface area contributed by atoms with Crippen LogP contribution in [-0.2, 0) is 15.6 Å². The molecule has 1 fully saturated rings. The van der Waals surface area contributed by atoms with Crippen molar-refractivity contribution in [1.29, 1.82) is 0 Å². The zero-order chi connectivity index (χ0) is 13.4. The maximum Gasteiger partial charge on any atom is 0.462 e. The Labute approximate surface area is 110 Å². The molecule has 0 aromatic heterocycles. The standard InChI is InChI=1S/C15H21BO2/c1-6-12-9-7-8-10-13(12)11-16-17-14(2,3)15(4,5)18-16/h6-10H,1,11H2,2-5H3. The van der Waals surface area contributed by atoms with Crippen LogP contribution in [0, 0.1) is 0 Å². The summed E-state index contributed by atoms with van der Waals surface area (Å²) in [4.78, 5) is 0. The Balaban J connectivity index is 2.15. The van der Waals surface area contributed by atoms with Gasteiger partial charge in [-0.3, -0.25) is 0 Å². The first-order valence-corrected chi connectivity index (χ1v) is 6.42. The van der Waals surface area contributed by atoms with Crippen molar-refractivity contribution in [3.63, 3.8) is 0 Å². The molecule has 0 N–H and O–H groups in total. The molecule has 18 heavy (non-hydrogen) atoms. The first-order chi connectivity index (χ1) is 8.36. The number of rotatable bonds is 3.